The van der Waals surface area contributed by atoms with E-state index in [1.807, 2.05) is 11.6 Å². The predicted octanol–water partition coefficient (Wildman–Crippen LogP) is 4.13. The summed E-state index contributed by atoms with van der Waals surface area (Å²) in [6.07, 6.45) is 4.11. The van der Waals surface area contributed by atoms with Gasteiger partial charge in [-0.15, -0.1) is 11.3 Å². The maximum absolute atomic E-state index is 4.55. The van der Waals surface area contributed by atoms with Gasteiger partial charge in [-0.05, 0) is 23.6 Å². The van der Waals surface area contributed by atoms with Gasteiger partial charge >= 0.3 is 0 Å². The minimum Gasteiger partial charge on any atom is -0.379 e. The Morgan fingerprint density at radius 1 is 1.26 bits per heavy atom. The molecule has 98 valence electrons. The number of nitrogens with one attached hydrogen (secondary N) is 1. The number of imidazole rings is 1. The number of hydrogen-bond acceptors (Lipinski definition) is 3. The summed E-state index contributed by atoms with van der Waals surface area (Å²) in [5, 5.41) is 5.45. The first-order valence-electron chi connectivity index (χ1n) is 6.47. The Morgan fingerprint density at radius 2 is 2.05 bits per heavy atom. The fourth-order valence-corrected chi connectivity index (χ4v) is 2.76. The van der Waals surface area contributed by atoms with E-state index in [1.54, 1.807) is 11.3 Å². The lowest BCUT2D eigenvalue weighted by Crippen LogP contribution is -1.99. The van der Waals surface area contributed by atoms with Crippen LogP contribution in [0.15, 0.2) is 42.0 Å². The Kier molecular flexibility index (Phi) is 3.25. The Bertz CT molecular complexity index is 636. The van der Waals surface area contributed by atoms with Crippen LogP contribution in [-0.2, 0) is 6.54 Å². The third-order valence-corrected chi connectivity index (χ3v) is 3.96. The number of hydrogen-bond donors (Lipinski definition) is 1. The summed E-state index contributed by atoms with van der Waals surface area (Å²) in [5.41, 5.74) is 3.58. The second kappa shape index (κ2) is 5.05. The van der Waals surface area contributed by atoms with Crippen LogP contribution in [0, 0.1) is 0 Å². The summed E-state index contributed by atoms with van der Waals surface area (Å²) in [4.78, 5) is 5.60. The molecule has 0 spiro atoms. The fraction of sp³-hybridized carbons (Fsp3) is 0.267. The zero-order valence-electron chi connectivity index (χ0n) is 11.1. The summed E-state index contributed by atoms with van der Waals surface area (Å²) in [7, 11) is 0. The van der Waals surface area contributed by atoms with Gasteiger partial charge in [-0.1, -0.05) is 26.0 Å². The molecule has 2 heterocycles. The highest BCUT2D eigenvalue weighted by molar-refractivity contribution is 7.15. The van der Waals surface area contributed by atoms with E-state index in [9.17, 15) is 0 Å². The average molecular weight is 271 g/mol. The summed E-state index contributed by atoms with van der Waals surface area (Å²) >= 11 is 1.66. The van der Waals surface area contributed by atoms with E-state index < -0.39 is 0 Å². The average Bonchev–Trinajstić information content (AvgIpc) is 2.97. The van der Waals surface area contributed by atoms with Gasteiger partial charge in [0.15, 0.2) is 4.96 Å². The van der Waals surface area contributed by atoms with Gasteiger partial charge < -0.3 is 5.32 Å². The second-order valence-corrected chi connectivity index (χ2v) is 5.83. The Labute approximate surface area is 116 Å². The maximum atomic E-state index is 4.55. The number of benzene rings is 1. The molecule has 3 rings (SSSR count). The molecule has 4 heteroatoms. The van der Waals surface area contributed by atoms with E-state index in [0.717, 1.165) is 22.9 Å². The molecular formula is C15H17N3S. The van der Waals surface area contributed by atoms with Crippen LogP contribution in [0.2, 0.25) is 0 Å². The molecule has 0 radical (unpaired) electrons. The van der Waals surface area contributed by atoms with Crippen molar-refractivity contribution >= 4 is 22.0 Å². The van der Waals surface area contributed by atoms with Crippen molar-refractivity contribution in [2.45, 2.75) is 26.3 Å². The molecule has 1 N–H and O–H groups in total. The molecule has 2 aromatic heterocycles. The van der Waals surface area contributed by atoms with Crippen molar-refractivity contribution in [3.05, 3.63) is 53.3 Å². The number of nitrogens with zero attached hydrogens (tertiary/aromatic N) is 2. The van der Waals surface area contributed by atoms with Crippen molar-refractivity contribution in [3.8, 4) is 0 Å². The maximum Gasteiger partial charge on any atom is 0.193 e. The number of thiazole rings is 1. The lowest BCUT2D eigenvalue weighted by atomic mass is 10.0. The monoisotopic (exact) mass is 271 g/mol. The molecule has 0 aliphatic heterocycles. The highest BCUT2D eigenvalue weighted by atomic mass is 32.1. The van der Waals surface area contributed by atoms with Crippen LogP contribution in [0.25, 0.3) is 4.96 Å². The molecule has 3 nitrogen and oxygen atoms in total. The topological polar surface area (TPSA) is 29.3 Å². The minimum atomic E-state index is 0.578. The Balaban J connectivity index is 1.67. The summed E-state index contributed by atoms with van der Waals surface area (Å²) in [6, 6.07) is 8.62. The molecule has 1 aromatic carbocycles. The second-order valence-electron chi connectivity index (χ2n) is 4.96. The third-order valence-electron chi connectivity index (χ3n) is 3.19. The van der Waals surface area contributed by atoms with Crippen LogP contribution >= 0.6 is 11.3 Å². The lowest BCUT2D eigenvalue weighted by molar-refractivity contribution is 0.866. The normalized spacial score (nSPS) is 11.3. The van der Waals surface area contributed by atoms with E-state index in [0.29, 0.717) is 5.92 Å². The van der Waals surface area contributed by atoms with Gasteiger partial charge in [-0.3, -0.25) is 4.40 Å². The Hall–Kier alpha value is -1.81. The highest BCUT2D eigenvalue weighted by Crippen LogP contribution is 2.18. The van der Waals surface area contributed by atoms with Gasteiger partial charge in [0.2, 0.25) is 0 Å². The van der Waals surface area contributed by atoms with Gasteiger partial charge in [0.25, 0.3) is 0 Å². The highest BCUT2D eigenvalue weighted by Gasteiger charge is 2.03. The molecule has 0 atom stereocenters. The predicted molar refractivity (Wildman–Crippen MR) is 80.9 cm³/mol. The number of rotatable bonds is 4. The van der Waals surface area contributed by atoms with Crippen LogP contribution in [-0.4, -0.2) is 9.38 Å². The number of fused-ring (bicyclic) bond motifs is 1. The minimum absolute atomic E-state index is 0.578. The van der Waals surface area contributed by atoms with E-state index in [1.165, 1.54) is 5.56 Å². The van der Waals surface area contributed by atoms with E-state index in [2.05, 4.69) is 59.0 Å². The largest absolute Gasteiger partial charge is 0.379 e. The first-order valence-corrected chi connectivity index (χ1v) is 7.35. The summed E-state index contributed by atoms with van der Waals surface area (Å²) < 4.78 is 2.06. The van der Waals surface area contributed by atoms with Gasteiger partial charge in [-0.2, -0.15) is 0 Å². The molecule has 0 fully saturated rings. The van der Waals surface area contributed by atoms with Crippen molar-refractivity contribution in [2.24, 2.45) is 0 Å². The van der Waals surface area contributed by atoms with Gasteiger partial charge in [0, 0.05) is 23.5 Å². The van der Waals surface area contributed by atoms with Crippen molar-refractivity contribution in [2.75, 3.05) is 5.32 Å². The zero-order valence-corrected chi connectivity index (χ0v) is 11.9. The molecule has 0 saturated heterocycles. The molecule has 3 aromatic rings. The smallest absolute Gasteiger partial charge is 0.193 e. The standard InChI is InChI=1S/C15H17N3S/c1-11(2)12-3-5-13(6-4-12)16-9-14-10-18-7-8-19-15(18)17-14/h3-8,10-11,16H,9H2,1-2H3. The molecule has 0 bridgehead atoms. The molecular weight excluding hydrogens is 254 g/mol. The van der Waals surface area contributed by atoms with Crippen molar-refractivity contribution in [1.29, 1.82) is 0 Å². The molecule has 0 saturated carbocycles. The van der Waals surface area contributed by atoms with Gasteiger partial charge in [0.1, 0.15) is 0 Å². The van der Waals surface area contributed by atoms with Crippen LogP contribution in [0.1, 0.15) is 31.0 Å². The zero-order chi connectivity index (χ0) is 13.2. The number of anilines is 1. The van der Waals surface area contributed by atoms with Crippen LogP contribution in [0.5, 0.6) is 0 Å². The van der Waals surface area contributed by atoms with Crippen LogP contribution in [0.4, 0.5) is 5.69 Å². The van der Waals surface area contributed by atoms with Crippen LogP contribution in [0.3, 0.4) is 0 Å². The summed E-state index contributed by atoms with van der Waals surface area (Å²) in [6.45, 7) is 5.18. The molecule has 0 aliphatic carbocycles. The lowest BCUT2D eigenvalue weighted by Gasteiger charge is -2.08. The van der Waals surface area contributed by atoms with Crippen LogP contribution < -0.4 is 5.32 Å². The van der Waals surface area contributed by atoms with Gasteiger partial charge in [0.05, 0.1) is 12.2 Å². The molecule has 0 unspecified atom stereocenters. The summed E-state index contributed by atoms with van der Waals surface area (Å²) in [5.74, 6) is 0.578. The molecule has 19 heavy (non-hydrogen) atoms. The fourth-order valence-electron chi connectivity index (χ4n) is 2.04. The van der Waals surface area contributed by atoms with E-state index in [4.69, 9.17) is 0 Å². The van der Waals surface area contributed by atoms with E-state index >= 15 is 0 Å². The number of aromatic nitrogens is 2. The first kappa shape index (κ1) is 12.2. The van der Waals surface area contributed by atoms with Crippen molar-refractivity contribution < 1.29 is 0 Å². The molecule has 0 amide bonds. The van der Waals surface area contributed by atoms with Gasteiger partial charge in [-0.25, -0.2) is 4.98 Å². The Morgan fingerprint density at radius 3 is 2.74 bits per heavy atom. The first-order chi connectivity index (χ1) is 9.22. The third kappa shape index (κ3) is 2.63. The quantitative estimate of drug-likeness (QED) is 0.773. The van der Waals surface area contributed by atoms with E-state index in [-0.39, 0.29) is 0 Å². The van der Waals surface area contributed by atoms with Crippen molar-refractivity contribution in [3.63, 3.8) is 0 Å². The SMILES string of the molecule is CC(C)c1ccc(NCc2cn3ccsc3n2)cc1. The molecule has 0 aliphatic rings. The van der Waals surface area contributed by atoms with Crippen molar-refractivity contribution in [1.82, 2.24) is 9.38 Å².